The number of ketones is 1. The number of rotatable bonds is 9. The molecule has 0 saturated carbocycles. The Morgan fingerprint density at radius 2 is 1.88 bits per heavy atom. The number of Topliss-reactive ketones (excluding diaryl/α,β-unsaturated/α-hetero) is 1. The number of benzene rings is 1. The number of hydrogen-bond donors (Lipinski definition) is 6. The van der Waals surface area contributed by atoms with Gasteiger partial charge in [0.1, 0.15) is 30.0 Å². The van der Waals surface area contributed by atoms with Crippen LogP contribution in [0.2, 0.25) is 0 Å². The minimum Gasteiger partial charge on any atom is -0.493 e. The largest absolute Gasteiger partial charge is 0.493 e. The fraction of sp³-hybridized carbons (Fsp3) is 0.667. The van der Waals surface area contributed by atoms with Gasteiger partial charge in [0.2, 0.25) is 6.29 Å². The molecule has 2 aliphatic rings. The highest BCUT2D eigenvalue weighted by Gasteiger charge is 2.53. The quantitative estimate of drug-likeness (QED) is 0.215. The molecule has 2 fully saturated rings. The lowest BCUT2D eigenvalue weighted by molar-refractivity contribution is -0.319. The van der Waals surface area contributed by atoms with Crippen molar-refractivity contribution in [3.05, 3.63) is 23.8 Å². The van der Waals surface area contributed by atoms with Crippen molar-refractivity contribution in [2.24, 2.45) is 0 Å². The summed E-state index contributed by atoms with van der Waals surface area (Å²) in [5, 5.41) is 60.2. The second-order valence-corrected chi connectivity index (χ2v) is 7.95. The van der Waals surface area contributed by atoms with Crippen molar-refractivity contribution in [2.75, 3.05) is 26.9 Å². The van der Waals surface area contributed by atoms with Crippen LogP contribution >= 0.6 is 0 Å². The summed E-state index contributed by atoms with van der Waals surface area (Å²) in [6, 6.07) is 4.45. The summed E-state index contributed by atoms with van der Waals surface area (Å²) in [7, 11) is 1.37. The SMILES string of the molecule is CCC(=O)c1ccc(O[C@@H]2O[C@H](CO)[C@@H](O)[C@H](O)[C@H]2O[C@H]2OC[C@@](O)(CO)[C@@H]2O)c(OC)c1. The first-order valence-electron chi connectivity index (χ1n) is 10.5. The Balaban J connectivity index is 1.86. The smallest absolute Gasteiger partial charge is 0.229 e. The zero-order chi connectivity index (χ0) is 24.3. The highest BCUT2D eigenvalue weighted by atomic mass is 16.8. The second-order valence-electron chi connectivity index (χ2n) is 7.95. The van der Waals surface area contributed by atoms with Gasteiger partial charge in [0, 0.05) is 12.0 Å². The average molecular weight is 474 g/mol. The van der Waals surface area contributed by atoms with Crippen LogP contribution in [0.25, 0.3) is 0 Å². The van der Waals surface area contributed by atoms with Gasteiger partial charge in [-0.25, -0.2) is 0 Å². The molecular formula is C21H30O12. The van der Waals surface area contributed by atoms with Crippen LogP contribution in [0.1, 0.15) is 23.7 Å². The monoisotopic (exact) mass is 474 g/mol. The summed E-state index contributed by atoms with van der Waals surface area (Å²) in [5.74, 6) is 0.186. The molecule has 8 atom stereocenters. The number of carbonyl (C=O) groups excluding carboxylic acids is 1. The van der Waals surface area contributed by atoms with Crippen molar-refractivity contribution in [2.45, 2.75) is 62.0 Å². The molecule has 0 radical (unpaired) electrons. The van der Waals surface area contributed by atoms with Gasteiger partial charge in [0.25, 0.3) is 0 Å². The summed E-state index contributed by atoms with van der Waals surface area (Å²) in [4.78, 5) is 12.0. The number of carbonyl (C=O) groups is 1. The van der Waals surface area contributed by atoms with E-state index in [1.54, 1.807) is 6.92 Å². The number of methoxy groups -OCH3 is 1. The van der Waals surface area contributed by atoms with Gasteiger partial charge in [-0.2, -0.15) is 0 Å². The minimum absolute atomic E-state index is 0.113. The zero-order valence-corrected chi connectivity index (χ0v) is 18.2. The van der Waals surface area contributed by atoms with Gasteiger partial charge in [-0.05, 0) is 18.2 Å². The highest BCUT2D eigenvalue weighted by Crippen LogP contribution is 2.35. The summed E-state index contributed by atoms with van der Waals surface area (Å²) in [6.07, 6.45) is -10.2. The van der Waals surface area contributed by atoms with Crippen LogP contribution in [0.4, 0.5) is 0 Å². The van der Waals surface area contributed by atoms with Crippen LogP contribution in [0, 0.1) is 0 Å². The highest BCUT2D eigenvalue weighted by molar-refractivity contribution is 5.96. The molecule has 0 aromatic heterocycles. The average Bonchev–Trinajstić information content (AvgIpc) is 3.12. The topological polar surface area (TPSA) is 185 Å². The Hall–Kier alpha value is -1.87. The van der Waals surface area contributed by atoms with E-state index >= 15 is 0 Å². The van der Waals surface area contributed by atoms with Crippen LogP contribution in [0.5, 0.6) is 11.5 Å². The van der Waals surface area contributed by atoms with Gasteiger partial charge in [0.15, 0.2) is 29.7 Å². The fourth-order valence-corrected chi connectivity index (χ4v) is 3.63. The molecule has 6 N–H and O–H groups in total. The Morgan fingerprint density at radius 3 is 2.45 bits per heavy atom. The molecule has 186 valence electrons. The summed E-state index contributed by atoms with van der Waals surface area (Å²) in [6.45, 7) is -0.158. The van der Waals surface area contributed by atoms with E-state index in [1.165, 1.54) is 25.3 Å². The summed E-state index contributed by atoms with van der Waals surface area (Å²) < 4.78 is 27.5. The first-order valence-corrected chi connectivity index (χ1v) is 10.5. The maximum absolute atomic E-state index is 12.0. The normalized spacial score (nSPS) is 36.5. The second kappa shape index (κ2) is 10.6. The molecule has 0 unspecified atom stereocenters. The van der Waals surface area contributed by atoms with Gasteiger partial charge < -0.3 is 54.3 Å². The third-order valence-electron chi connectivity index (χ3n) is 5.75. The third kappa shape index (κ3) is 5.14. The zero-order valence-electron chi connectivity index (χ0n) is 18.2. The van der Waals surface area contributed by atoms with Crippen molar-refractivity contribution in [3.8, 4) is 11.5 Å². The first-order chi connectivity index (χ1) is 15.7. The molecule has 0 bridgehead atoms. The van der Waals surface area contributed by atoms with Crippen LogP contribution in [0.3, 0.4) is 0 Å². The molecule has 3 rings (SSSR count). The van der Waals surface area contributed by atoms with Crippen molar-refractivity contribution in [1.29, 1.82) is 0 Å². The van der Waals surface area contributed by atoms with Crippen molar-refractivity contribution in [1.82, 2.24) is 0 Å². The standard InChI is InChI=1S/C21H30O12/c1-3-11(24)10-4-5-12(13(6-10)29-2)31-19-17(16(26)15(25)14(7-22)32-19)33-20-18(27)21(28,8-23)9-30-20/h4-6,14-20,22-23,25-28H,3,7-9H2,1-2H3/t14-,15-,16+,17-,18-,19-,20-,21+/m1/s1. The van der Waals surface area contributed by atoms with Gasteiger partial charge in [-0.1, -0.05) is 6.92 Å². The predicted molar refractivity (Wildman–Crippen MR) is 109 cm³/mol. The molecular weight excluding hydrogens is 444 g/mol. The van der Waals surface area contributed by atoms with Crippen LogP contribution in [0.15, 0.2) is 18.2 Å². The van der Waals surface area contributed by atoms with E-state index in [1.807, 2.05) is 0 Å². The molecule has 33 heavy (non-hydrogen) atoms. The van der Waals surface area contributed by atoms with E-state index in [4.69, 9.17) is 23.7 Å². The van der Waals surface area contributed by atoms with Crippen LogP contribution in [-0.2, 0) is 14.2 Å². The third-order valence-corrected chi connectivity index (χ3v) is 5.75. The summed E-state index contributed by atoms with van der Waals surface area (Å²) >= 11 is 0. The maximum atomic E-state index is 12.0. The van der Waals surface area contributed by atoms with Crippen LogP contribution in [-0.4, -0.2) is 112 Å². The lowest BCUT2D eigenvalue weighted by atomic mass is 9.98. The number of ether oxygens (including phenoxy) is 5. The van der Waals surface area contributed by atoms with Gasteiger partial charge in [-0.15, -0.1) is 0 Å². The lowest BCUT2D eigenvalue weighted by Gasteiger charge is -2.42. The molecule has 12 nitrogen and oxygen atoms in total. The fourth-order valence-electron chi connectivity index (χ4n) is 3.63. The van der Waals surface area contributed by atoms with Crippen molar-refractivity contribution in [3.63, 3.8) is 0 Å². The molecule has 0 aliphatic carbocycles. The van der Waals surface area contributed by atoms with E-state index in [-0.39, 0.29) is 23.7 Å². The maximum Gasteiger partial charge on any atom is 0.229 e. The first kappa shape index (κ1) is 25.7. The predicted octanol–water partition coefficient (Wildman–Crippen LogP) is -2.07. The summed E-state index contributed by atoms with van der Waals surface area (Å²) in [5.41, 5.74) is -1.58. The van der Waals surface area contributed by atoms with E-state index in [0.717, 1.165) is 0 Å². The van der Waals surface area contributed by atoms with Crippen molar-refractivity contribution < 1.29 is 59.1 Å². The Kier molecular flexibility index (Phi) is 8.26. The molecule has 0 spiro atoms. The molecule has 2 aliphatic heterocycles. The molecule has 1 aromatic carbocycles. The molecule has 1 aromatic rings. The minimum atomic E-state index is -1.97. The number of aliphatic hydroxyl groups excluding tert-OH is 5. The van der Waals surface area contributed by atoms with E-state index in [2.05, 4.69) is 0 Å². The van der Waals surface area contributed by atoms with Crippen molar-refractivity contribution >= 4 is 5.78 Å². The van der Waals surface area contributed by atoms with Gasteiger partial charge in [0.05, 0.1) is 26.9 Å². The Labute approximate surface area is 189 Å². The van der Waals surface area contributed by atoms with Gasteiger partial charge in [-0.3, -0.25) is 4.79 Å². The van der Waals surface area contributed by atoms with Gasteiger partial charge >= 0.3 is 0 Å². The molecule has 2 saturated heterocycles. The Bertz CT molecular complexity index is 818. The molecule has 12 heteroatoms. The van der Waals surface area contributed by atoms with E-state index in [9.17, 15) is 35.4 Å². The number of aliphatic hydroxyl groups is 6. The molecule has 0 amide bonds. The lowest BCUT2D eigenvalue weighted by Crippen LogP contribution is -2.62. The van der Waals surface area contributed by atoms with E-state index < -0.39 is 68.5 Å². The molecule has 2 heterocycles. The van der Waals surface area contributed by atoms with Crippen LogP contribution < -0.4 is 9.47 Å². The number of hydrogen-bond acceptors (Lipinski definition) is 12. The van der Waals surface area contributed by atoms with E-state index in [0.29, 0.717) is 5.56 Å². The Morgan fingerprint density at radius 1 is 1.15 bits per heavy atom.